The standard InChI is InChI=1S/C17H13ClN2O6/c18-13-8-11(20(25)26)6-7-12(13)16(22)19-14(17(23)24)9-15(21)10-4-2-1-3-5-10/h1-8,14H,9H2,(H,19,22)(H,23,24). The summed E-state index contributed by atoms with van der Waals surface area (Å²) in [6.45, 7) is 0. The topological polar surface area (TPSA) is 127 Å². The van der Waals surface area contributed by atoms with Crippen LogP contribution in [0.5, 0.6) is 0 Å². The Hall–Kier alpha value is -3.26. The Balaban J connectivity index is 2.14. The minimum atomic E-state index is -1.47. The van der Waals surface area contributed by atoms with Crippen molar-refractivity contribution in [3.63, 3.8) is 0 Å². The fourth-order valence-corrected chi connectivity index (χ4v) is 2.43. The SMILES string of the molecule is O=C(CC(NC(=O)c1ccc([N+](=O)[O-])cc1Cl)C(=O)O)c1ccccc1. The first-order valence-corrected chi connectivity index (χ1v) is 7.73. The van der Waals surface area contributed by atoms with Gasteiger partial charge in [-0.15, -0.1) is 0 Å². The molecule has 0 aliphatic rings. The third-order valence-electron chi connectivity index (χ3n) is 3.50. The average Bonchev–Trinajstić information content (AvgIpc) is 2.61. The van der Waals surface area contributed by atoms with Gasteiger partial charge in [-0.05, 0) is 6.07 Å². The maximum atomic E-state index is 12.2. The summed E-state index contributed by atoms with van der Waals surface area (Å²) in [5.74, 6) is -2.69. The lowest BCUT2D eigenvalue weighted by Gasteiger charge is -2.14. The van der Waals surface area contributed by atoms with E-state index in [4.69, 9.17) is 11.6 Å². The number of carboxylic acids is 1. The van der Waals surface area contributed by atoms with Crippen molar-refractivity contribution in [3.05, 3.63) is 74.8 Å². The van der Waals surface area contributed by atoms with Gasteiger partial charge in [0, 0.05) is 24.1 Å². The van der Waals surface area contributed by atoms with Gasteiger partial charge in [0.1, 0.15) is 6.04 Å². The molecule has 8 nitrogen and oxygen atoms in total. The van der Waals surface area contributed by atoms with E-state index < -0.39 is 35.0 Å². The molecule has 9 heteroatoms. The minimum Gasteiger partial charge on any atom is -0.480 e. The average molecular weight is 377 g/mol. The van der Waals surface area contributed by atoms with Gasteiger partial charge in [-0.2, -0.15) is 0 Å². The molecule has 2 rings (SSSR count). The summed E-state index contributed by atoms with van der Waals surface area (Å²) >= 11 is 5.85. The molecule has 0 saturated carbocycles. The highest BCUT2D eigenvalue weighted by atomic mass is 35.5. The van der Waals surface area contributed by atoms with Gasteiger partial charge in [-0.25, -0.2) is 4.79 Å². The van der Waals surface area contributed by atoms with Gasteiger partial charge >= 0.3 is 5.97 Å². The normalized spacial score (nSPS) is 11.4. The Labute approximate surface area is 152 Å². The Morgan fingerprint density at radius 2 is 1.81 bits per heavy atom. The summed E-state index contributed by atoms with van der Waals surface area (Å²) < 4.78 is 0. The molecule has 2 N–H and O–H groups in total. The van der Waals surface area contributed by atoms with Gasteiger partial charge in [0.15, 0.2) is 5.78 Å². The molecule has 1 unspecified atom stereocenters. The summed E-state index contributed by atoms with van der Waals surface area (Å²) in [7, 11) is 0. The van der Waals surface area contributed by atoms with Crippen LogP contribution in [0, 0.1) is 10.1 Å². The molecule has 0 spiro atoms. The Bertz CT molecular complexity index is 869. The van der Waals surface area contributed by atoms with Crippen molar-refractivity contribution < 1.29 is 24.4 Å². The number of amides is 1. The van der Waals surface area contributed by atoms with Crippen LogP contribution in [-0.2, 0) is 4.79 Å². The van der Waals surface area contributed by atoms with E-state index in [0.717, 1.165) is 18.2 Å². The number of hydrogen-bond donors (Lipinski definition) is 2. The lowest BCUT2D eigenvalue weighted by atomic mass is 10.0. The molecule has 0 aromatic heterocycles. The molecule has 2 aromatic rings. The van der Waals surface area contributed by atoms with E-state index >= 15 is 0 Å². The number of benzene rings is 2. The third kappa shape index (κ3) is 4.64. The molecule has 0 bridgehead atoms. The zero-order valence-electron chi connectivity index (χ0n) is 13.2. The number of Topliss-reactive ketones (excluding diaryl/α,β-unsaturated/α-hetero) is 1. The predicted octanol–water partition coefficient (Wildman–Crippen LogP) is 2.70. The molecule has 0 radical (unpaired) electrons. The van der Waals surface area contributed by atoms with E-state index in [-0.39, 0.29) is 16.3 Å². The number of carbonyl (C=O) groups is 3. The second-order valence-electron chi connectivity index (χ2n) is 5.28. The van der Waals surface area contributed by atoms with E-state index in [1.54, 1.807) is 18.2 Å². The number of ketones is 1. The summed E-state index contributed by atoms with van der Waals surface area (Å²) in [6, 6.07) is 9.77. The van der Waals surface area contributed by atoms with Crippen molar-refractivity contribution in [3.8, 4) is 0 Å². The second kappa shape index (κ2) is 8.21. The summed E-state index contributed by atoms with van der Waals surface area (Å²) in [6.07, 6.45) is -0.449. The van der Waals surface area contributed by atoms with Crippen molar-refractivity contribution >= 4 is 34.9 Å². The quantitative estimate of drug-likeness (QED) is 0.434. The predicted molar refractivity (Wildman–Crippen MR) is 92.4 cm³/mol. The van der Waals surface area contributed by atoms with Crippen LogP contribution in [0.4, 0.5) is 5.69 Å². The number of carbonyl (C=O) groups excluding carboxylic acids is 2. The maximum Gasteiger partial charge on any atom is 0.326 e. The monoisotopic (exact) mass is 376 g/mol. The summed E-state index contributed by atoms with van der Waals surface area (Å²) in [5, 5.41) is 22.0. The molecule has 0 aliphatic heterocycles. The maximum absolute atomic E-state index is 12.2. The van der Waals surface area contributed by atoms with Crippen molar-refractivity contribution in [2.75, 3.05) is 0 Å². The van der Waals surface area contributed by atoms with Crippen LogP contribution in [0.25, 0.3) is 0 Å². The number of hydrogen-bond acceptors (Lipinski definition) is 5. The van der Waals surface area contributed by atoms with Crippen molar-refractivity contribution in [2.45, 2.75) is 12.5 Å². The second-order valence-corrected chi connectivity index (χ2v) is 5.69. The molecule has 26 heavy (non-hydrogen) atoms. The highest BCUT2D eigenvalue weighted by molar-refractivity contribution is 6.34. The number of nitrogens with one attached hydrogen (secondary N) is 1. The van der Waals surface area contributed by atoms with Crippen LogP contribution in [0.1, 0.15) is 27.1 Å². The van der Waals surface area contributed by atoms with E-state index in [1.165, 1.54) is 12.1 Å². The molecule has 134 valence electrons. The summed E-state index contributed by atoms with van der Waals surface area (Å²) in [4.78, 5) is 45.8. The zero-order chi connectivity index (χ0) is 19.3. The van der Waals surface area contributed by atoms with Gasteiger partial charge in [0.2, 0.25) is 0 Å². The number of aliphatic carboxylic acids is 1. The van der Waals surface area contributed by atoms with Crippen molar-refractivity contribution in [2.24, 2.45) is 0 Å². The van der Waals surface area contributed by atoms with Crippen molar-refractivity contribution in [1.29, 1.82) is 0 Å². The molecular formula is C17H13ClN2O6. The number of non-ortho nitro benzene ring substituents is 1. The van der Waals surface area contributed by atoms with Gasteiger partial charge < -0.3 is 10.4 Å². The number of nitrogens with zero attached hydrogens (tertiary/aromatic N) is 1. The van der Waals surface area contributed by atoms with Crippen LogP contribution in [0.3, 0.4) is 0 Å². The van der Waals surface area contributed by atoms with Crippen LogP contribution in [0.2, 0.25) is 5.02 Å². The molecule has 0 saturated heterocycles. The lowest BCUT2D eigenvalue weighted by molar-refractivity contribution is -0.384. The highest BCUT2D eigenvalue weighted by Gasteiger charge is 2.25. The third-order valence-corrected chi connectivity index (χ3v) is 3.81. The number of nitro benzene ring substituents is 1. The van der Waals surface area contributed by atoms with Crippen molar-refractivity contribution in [1.82, 2.24) is 5.32 Å². The number of nitro groups is 1. The van der Waals surface area contributed by atoms with Crippen LogP contribution in [0.15, 0.2) is 48.5 Å². The number of carboxylic acid groups (broad SMARTS) is 1. The summed E-state index contributed by atoms with van der Waals surface area (Å²) in [5.41, 5.74) is -0.113. The first-order valence-electron chi connectivity index (χ1n) is 7.35. The molecule has 2 aromatic carbocycles. The van der Waals surface area contributed by atoms with Gasteiger partial charge in [-0.1, -0.05) is 41.9 Å². The van der Waals surface area contributed by atoms with Crippen LogP contribution >= 0.6 is 11.6 Å². The number of halogens is 1. The molecule has 1 amide bonds. The molecule has 0 heterocycles. The lowest BCUT2D eigenvalue weighted by Crippen LogP contribution is -2.42. The van der Waals surface area contributed by atoms with E-state index in [2.05, 4.69) is 5.32 Å². The number of rotatable bonds is 7. The molecule has 0 fully saturated rings. The largest absolute Gasteiger partial charge is 0.480 e. The zero-order valence-corrected chi connectivity index (χ0v) is 14.0. The van der Waals surface area contributed by atoms with Gasteiger partial charge in [0.25, 0.3) is 11.6 Å². The van der Waals surface area contributed by atoms with E-state index in [9.17, 15) is 29.6 Å². The molecule has 0 aliphatic carbocycles. The minimum absolute atomic E-state index is 0.129. The molecule has 1 atom stereocenters. The van der Waals surface area contributed by atoms with E-state index in [0.29, 0.717) is 5.56 Å². The van der Waals surface area contributed by atoms with E-state index in [1.807, 2.05) is 0 Å². The van der Waals surface area contributed by atoms with Crippen LogP contribution < -0.4 is 5.32 Å². The molecular weight excluding hydrogens is 364 g/mol. The fourth-order valence-electron chi connectivity index (χ4n) is 2.17. The van der Waals surface area contributed by atoms with Crippen LogP contribution in [-0.4, -0.2) is 33.7 Å². The Morgan fingerprint density at radius 3 is 2.35 bits per heavy atom. The first kappa shape index (κ1) is 19.1. The first-order chi connectivity index (χ1) is 12.3. The fraction of sp³-hybridized carbons (Fsp3) is 0.118. The smallest absolute Gasteiger partial charge is 0.326 e. The Kier molecular flexibility index (Phi) is 6.03. The van der Waals surface area contributed by atoms with Gasteiger partial charge in [0.05, 0.1) is 15.5 Å². The van der Waals surface area contributed by atoms with Gasteiger partial charge in [-0.3, -0.25) is 19.7 Å². The Morgan fingerprint density at radius 1 is 1.15 bits per heavy atom. The highest BCUT2D eigenvalue weighted by Crippen LogP contribution is 2.22.